The molecule has 0 aliphatic heterocycles. The van der Waals surface area contributed by atoms with Crippen LogP contribution in [0, 0.1) is 17.3 Å². The summed E-state index contributed by atoms with van der Waals surface area (Å²) in [5.41, 5.74) is 6.91. The summed E-state index contributed by atoms with van der Waals surface area (Å²) in [6, 6.07) is 0. The van der Waals surface area contributed by atoms with Crippen molar-refractivity contribution in [3.8, 4) is 0 Å². The normalized spacial score (nSPS) is 22.2. The van der Waals surface area contributed by atoms with E-state index in [-0.39, 0.29) is 18.6 Å². The Balaban J connectivity index is 2.63. The molecule has 1 aliphatic rings. The van der Waals surface area contributed by atoms with E-state index >= 15 is 0 Å². The molecule has 32 heavy (non-hydrogen) atoms. The molecule has 1 saturated carbocycles. The van der Waals surface area contributed by atoms with E-state index in [2.05, 4.69) is 66.3 Å². The van der Waals surface area contributed by atoms with Gasteiger partial charge >= 0.3 is 0 Å². The second-order valence-corrected chi connectivity index (χ2v) is 10.7. The summed E-state index contributed by atoms with van der Waals surface area (Å²) in [7, 11) is 0. The Hall–Kier alpha value is -1.38. The summed E-state index contributed by atoms with van der Waals surface area (Å²) < 4.78 is 0. The minimum absolute atomic E-state index is 0.137. The van der Waals surface area contributed by atoms with Crippen LogP contribution in [-0.2, 0) is 0 Å². The van der Waals surface area contributed by atoms with Crippen LogP contribution in [0.25, 0.3) is 0 Å². The highest BCUT2D eigenvalue weighted by atomic mass is 16.3. The average Bonchev–Trinajstić information content (AvgIpc) is 2.71. The standard InChI is InChI=1S/C30H50O2/c1-23(2)10-8-12-27(22-32)13-9-11-24(3)14-17-28-18-16-26(5)29(30(28,6)7)19-15-25(4)20-21-31/h10,13-14,20,28-29,31-32H,5,8-9,11-12,15-19,21-22H2,1-4,6-7H3/b24-14+,25-20+,27-13-/t28-,29+/m0/s1. The minimum Gasteiger partial charge on any atom is -0.392 e. The molecule has 0 radical (unpaired) electrons. The predicted molar refractivity (Wildman–Crippen MR) is 141 cm³/mol. The van der Waals surface area contributed by atoms with E-state index in [9.17, 15) is 5.11 Å². The van der Waals surface area contributed by atoms with Crippen LogP contribution >= 0.6 is 0 Å². The summed E-state index contributed by atoms with van der Waals surface area (Å²) in [5.74, 6) is 1.23. The van der Waals surface area contributed by atoms with Gasteiger partial charge in [-0.1, -0.05) is 67.0 Å². The first-order valence-corrected chi connectivity index (χ1v) is 12.6. The summed E-state index contributed by atoms with van der Waals surface area (Å²) >= 11 is 0. The van der Waals surface area contributed by atoms with E-state index in [1.807, 2.05) is 6.08 Å². The molecule has 0 aromatic heterocycles. The average molecular weight is 443 g/mol. The van der Waals surface area contributed by atoms with Gasteiger partial charge in [-0.05, 0) is 108 Å². The molecular weight excluding hydrogens is 392 g/mol. The van der Waals surface area contributed by atoms with Crippen LogP contribution < -0.4 is 0 Å². The van der Waals surface area contributed by atoms with Crippen LogP contribution in [0.3, 0.4) is 0 Å². The van der Waals surface area contributed by atoms with Gasteiger partial charge in [-0.2, -0.15) is 0 Å². The Bertz CT molecular complexity index is 698. The Labute approximate surface area is 198 Å². The quantitative estimate of drug-likeness (QED) is 0.283. The van der Waals surface area contributed by atoms with Crippen molar-refractivity contribution < 1.29 is 10.2 Å². The van der Waals surface area contributed by atoms with E-state index in [1.54, 1.807) is 0 Å². The zero-order chi connectivity index (χ0) is 24.1. The van der Waals surface area contributed by atoms with E-state index in [1.165, 1.54) is 28.7 Å². The van der Waals surface area contributed by atoms with Crippen LogP contribution in [0.5, 0.6) is 0 Å². The number of hydrogen-bond donors (Lipinski definition) is 2. The summed E-state index contributed by atoms with van der Waals surface area (Å²) in [5, 5.41) is 18.8. The highest BCUT2D eigenvalue weighted by molar-refractivity contribution is 5.14. The number of rotatable bonds is 13. The number of aliphatic hydroxyl groups excluding tert-OH is 2. The molecule has 0 spiro atoms. The van der Waals surface area contributed by atoms with E-state index in [0.717, 1.165) is 56.9 Å². The molecule has 0 heterocycles. The van der Waals surface area contributed by atoms with Gasteiger partial charge in [0.1, 0.15) is 0 Å². The molecule has 0 aromatic rings. The monoisotopic (exact) mass is 442 g/mol. The largest absolute Gasteiger partial charge is 0.392 e. The van der Waals surface area contributed by atoms with Crippen LogP contribution in [0.15, 0.2) is 58.7 Å². The van der Waals surface area contributed by atoms with Crippen molar-refractivity contribution in [2.45, 2.75) is 99.3 Å². The van der Waals surface area contributed by atoms with Crippen LogP contribution in [0.2, 0.25) is 0 Å². The van der Waals surface area contributed by atoms with Crippen LogP contribution in [0.4, 0.5) is 0 Å². The van der Waals surface area contributed by atoms with Crippen molar-refractivity contribution >= 4 is 0 Å². The molecule has 1 aliphatic carbocycles. The van der Waals surface area contributed by atoms with Gasteiger partial charge in [-0.15, -0.1) is 0 Å². The number of allylic oxidation sites excluding steroid dienone is 7. The van der Waals surface area contributed by atoms with Gasteiger partial charge in [-0.3, -0.25) is 0 Å². The Morgan fingerprint density at radius 3 is 2.22 bits per heavy atom. The van der Waals surface area contributed by atoms with Crippen molar-refractivity contribution in [2.75, 3.05) is 13.2 Å². The number of hydrogen-bond acceptors (Lipinski definition) is 2. The molecule has 1 rings (SSSR count). The first kappa shape index (κ1) is 28.7. The lowest BCUT2D eigenvalue weighted by atomic mass is 9.58. The lowest BCUT2D eigenvalue weighted by Crippen LogP contribution is -2.37. The molecule has 0 saturated heterocycles. The molecule has 2 atom stereocenters. The van der Waals surface area contributed by atoms with Crippen molar-refractivity contribution in [3.05, 3.63) is 58.7 Å². The topological polar surface area (TPSA) is 40.5 Å². The van der Waals surface area contributed by atoms with E-state index < -0.39 is 0 Å². The van der Waals surface area contributed by atoms with Gasteiger partial charge in [0.05, 0.1) is 13.2 Å². The van der Waals surface area contributed by atoms with Crippen LogP contribution in [0.1, 0.15) is 99.3 Å². The molecule has 2 heteroatoms. The zero-order valence-corrected chi connectivity index (χ0v) is 21.8. The Morgan fingerprint density at radius 2 is 1.59 bits per heavy atom. The Kier molecular flexibility index (Phi) is 13.2. The van der Waals surface area contributed by atoms with Gasteiger partial charge in [0, 0.05) is 0 Å². The van der Waals surface area contributed by atoms with Crippen molar-refractivity contribution in [1.82, 2.24) is 0 Å². The van der Waals surface area contributed by atoms with Gasteiger partial charge in [0.25, 0.3) is 0 Å². The minimum atomic E-state index is 0.137. The number of aliphatic hydroxyl groups is 2. The molecule has 1 fully saturated rings. The lowest BCUT2D eigenvalue weighted by Gasteiger charge is -2.47. The summed E-state index contributed by atoms with van der Waals surface area (Å²) in [4.78, 5) is 0. The highest BCUT2D eigenvalue weighted by Gasteiger charge is 2.40. The molecule has 2 N–H and O–H groups in total. The van der Waals surface area contributed by atoms with Gasteiger partial charge in [0.2, 0.25) is 0 Å². The van der Waals surface area contributed by atoms with E-state index in [4.69, 9.17) is 5.11 Å². The highest BCUT2D eigenvalue weighted by Crippen LogP contribution is 2.50. The fourth-order valence-corrected chi connectivity index (χ4v) is 5.09. The van der Waals surface area contributed by atoms with E-state index in [0.29, 0.717) is 11.8 Å². The van der Waals surface area contributed by atoms with Crippen molar-refractivity contribution in [1.29, 1.82) is 0 Å². The third kappa shape index (κ3) is 10.0. The van der Waals surface area contributed by atoms with Gasteiger partial charge in [0.15, 0.2) is 0 Å². The SMILES string of the molecule is C=C1CC[C@H](C/C=C(\C)CC/C=C(\CO)CCC=C(C)C)C(C)(C)[C@@H]1CC/C(C)=C/CO. The smallest absolute Gasteiger partial charge is 0.0641 e. The third-order valence-electron chi connectivity index (χ3n) is 7.47. The second-order valence-electron chi connectivity index (χ2n) is 10.7. The molecule has 0 aromatic carbocycles. The lowest BCUT2D eigenvalue weighted by molar-refractivity contribution is 0.0950. The molecule has 2 nitrogen and oxygen atoms in total. The molecule has 0 bridgehead atoms. The fourth-order valence-electron chi connectivity index (χ4n) is 5.09. The first-order valence-electron chi connectivity index (χ1n) is 12.6. The van der Waals surface area contributed by atoms with Crippen molar-refractivity contribution in [2.24, 2.45) is 17.3 Å². The maximum absolute atomic E-state index is 9.62. The fraction of sp³-hybridized carbons (Fsp3) is 0.667. The van der Waals surface area contributed by atoms with Crippen LogP contribution in [-0.4, -0.2) is 23.4 Å². The maximum atomic E-state index is 9.62. The van der Waals surface area contributed by atoms with Gasteiger partial charge < -0.3 is 10.2 Å². The van der Waals surface area contributed by atoms with Gasteiger partial charge in [-0.25, -0.2) is 0 Å². The zero-order valence-electron chi connectivity index (χ0n) is 21.8. The first-order chi connectivity index (χ1) is 15.1. The third-order valence-corrected chi connectivity index (χ3v) is 7.47. The maximum Gasteiger partial charge on any atom is 0.0641 e. The summed E-state index contributed by atoms with van der Waals surface area (Å²) in [6.07, 6.45) is 18.6. The predicted octanol–water partition coefficient (Wildman–Crippen LogP) is 8.10. The molecule has 0 amide bonds. The molecule has 182 valence electrons. The van der Waals surface area contributed by atoms with Crippen molar-refractivity contribution in [3.63, 3.8) is 0 Å². The molecular formula is C30H50O2. The second kappa shape index (κ2) is 14.7. The molecule has 0 unspecified atom stereocenters. The Morgan fingerprint density at radius 1 is 0.938 bits per heavy atom. The summed E-state index contributed by atoms with van der Waals surface area (Å²) in [6.45, 7) is 18.2.